The molecule has 1 aromatic rings. The van der Waals surface area contributed by atoms with Crippen molar-refractivity contribution in [2.45, 2.75) is 77.4 Å². The lowest BCUT2D eigenvalue weighted by Gasteiger charge is -2.34. The average molecular weight is 358 g/mol. The molecule has 3 rings (SSSR count). The Morgan fingerprint density at radius 3 is 2.58 bits per heavy atom. The van der Waals surface area contributed by atoms with E-state index in [1.807, 2.05) is 32.0 Å². The molecule has 0 unspecified atom stereocenters. The van der Waals surface area contributed by atoms with Crippen molar-refractivity contribution in [3.63, 3.8) is 0 Å². The van der Waals surface area contributed by atoms with Crippen LogP contribution in [0, 0.1) is 6.92 Å². The molecule has 1 aliphatic carbocycles. The molecule has 2 aliphatic rings. The maximum Gasteiger partial charge on any atom is 0.268 e. The minimum Gasteiger partial charge on any atom is -0.478 e. The summed E-state index contributed by atoms with van der Waals surface area (Å²) >= 11 is 0. The summed E-state index contributed by atoms with van der Waals surface area (Å²) in [6.07, 6.45) is 8.29. The van der Waals surface area contributed by atoms with Crippen LogP contribution >= 0.6 is 0 Å². The Morgan fingerprint density at radius 2 is 1.88 bits per heavy atom. The van der Waals surface area contributed by atoms with E-state index in [1.54, 1.807) is 4.90 Å². The highest BCUT2D eigenvalue weighted by atomic mass is 16.5. The molecule has 5 nitrogen and oxygen atoms in total. The first-order valence-corrected chi connectivity index (χ1v) is 9.96. The summed E-state index contributed by atoms with van der Waals surface area (Å²) in [5.74, 6) is 0.479. The minimum absolute atomic E-state index is 0.0612. The fourth-order valence-corrected chi connectivity index (χ4v) is 3.87. The lowest BCUT2D eigenvalue weighted by atomic mass is 9.97. The van der Waals surface area contributed by atoms with E-state index in [9.17, 15) is 9.59 Å². The number of anilines is 1. The zero-order chi connectivity index (χ0) is 18.5. The van der Waals surface area contributed by atoms with E-state index in [1.165, 1.54) is 32.1 Å². The van der Waals surface area contributed by atoms with Gasteiger partial charge < -0.3 is 10.1 Å². The Kier molecular flexibility index (Phi) is 6.17. The second-order valence-corrected chi connectivity index (χ2v) is 7.52. The molecule has 1 aliphatic heterocycles. The molecule has 1 fully saturated rings. The SMILES string of the molecule is CC[C@H]1Oc2ccc(C)cc2N(CC(=O)NC2CCCCCCC2)C1=O. The van der Waals surface area contributed by atoms with Crippen LogP contribution < -0.4 is 15.0 Å². The van der Waals surface area contributed by atoms with E-state index in [0.29, 0.717) is 17.9 Å². The highest BCUT2D eigenvalue weighted by Crippen LogP contribution is 2.35. The number of hydrogen-bond donors (Lipinski definition) is 1. The number of nitrogens with one attached hydrogen (secondary N) is 1. The molecule has 1 aromatic carbocycles. The van der Waals surface area contributed by atoms with Crippen molar-refractivity contribution >= 4 is 17.5 Å². The smallest absolute Gasteiger partial charge is 0.268 e. The van der Waals surface area contributed by atoms with Crippen LogP contribution in [0.25, 0.3) is 0 Å². The van der Waals surface area contributed by atoms with E-state index in [-0.39, 0.29) is 24.4 Å². The van der Waals surface area contributed by atoms with Gasteiger partial charge in [-0.05, 0) is 43.9 Å². The van der Waals surface area contributed by atoms with Gasteiger partial charge in [0.1, 0.15) is 12.3 Å². The molecule has 26 heavy (non-hydrogen) atoms. The third-order valence-electron chi connectivity index (χ3n) is 5.36. The fourth-order valence-electron chi connectivity index (χ4n) is 3.87. The summed E-state index contributed by atoms with van der Waals surface area (Å²) in [5, 5.41) is 3.16. The number of ether oxygens (including phenoxy) is 1. The lowest BCUT2D eigenvalue weighted by molar-refractivity contribution is -0.129. The molecule has 2 amide bonds. The Bertz CT molecular complexity index is 651. The van der Waals surface area contributed by atoms with Gasteiger partial charge in [0, 0.05) is 6.04 Å². The summed E-state index contributed by atoms with van der Waals surface area (Å²) in [5.41, 5.74) is 1.74. The first-order valence-electron chi connectivity index (χ1n) is 9.96. The van der Waals surface area contributed by atoms with Crippen LogP contribution in [0.3, 0.4) is 0 Å². The van der Waals surface area contributed by atoms with Gasteiger partial charge in [-0.3, -0.25) is 14.5 Å². The molecule has 0 saturated heterocycles. The predicted molar refractivity (Wildman–Crippen MR) is 102 cm³/mol. The van der Waals surface area contributed by atoms with Gasteiger partial charge in [0.2, 0.25) is 5.91 Å². The van der Waals surface area contributed by atoms with Gasteiger partial charge in [-0.15, -0.1) is 0 Å². The van der Waals surface area contributed by atoms with Crippen LogP contribution in [0.1, 0.15) is 63.9 Å². The number of hydrogen-bond acceptors (Lipinski definition) is 3. The number of aryl methyl sites for hydroxylation is 1. The third kappa shape index (κ3) is 4.37. The van der Waals surface area contributed by atoms with Crippen molar-refractivity contribution in [2.75, 3.05) is 11.4 Å². The van der Waals surface area contributed by atoms with Gasteiger partial charge in [-0.25, -0.2) is 0 Å². The summed E-state index contributed by atoms with van der Waals surface area (Å²) in [7, 11) is 0. The fraction of sp³-hybridized carbons (Fsp3) is 0.619. The predicted octanol–water partition coefficient (Wildman–Crippen LogP) is 3.73. The van der Waals surface area contributed by atoms with E-state index in [4.69, 9.17) is 4.74 Å². The number of fused-ring (bicyclic) bond motifs is 1. The molecule has 0 bridgehead atoms. The van der Waals surface area contributed by atoms with Gasteiger partial charge in [0.15, 0.2) is 6.10 Å². The van der Waals surface area contributed by atoms with Crippen LogP contribution in [-0.2, 0) is 9.59 Å². The van der Waals surface area contributed by atoms with Crippen molar-refractivity contribution < 1.29 is 14.3 Å². The molecule has 0 radical (unpaired) electrons. The van der Waals surface area contributed by atoms with Gasteiger partial charge in [0.25, 0.3) is 5.91 Å². The third-order valence-corrected chi connectivity index (χ3v) is 5.36. The number of rotatable bonds is 4. The van der Waals surface area contributed by atoms with Crippen LogP contribution in [0.2, 0.25) is 0 Å². The molecular formula is C21H30N2O3. The topological polar surface area (TPSA) is 58.6 Å². The minimum atomic E-state index is -0.514. The zero-order valence-corrected chi connectivity index (χ0v) is 15.9. The molecular weight excluding hydrogens is 328 g/mol. The standard InChI is InChI=1S/C21H30N2O3/c1-3-18-21(25)23(17-13-15(2)11-12-19(17)26-18)14-20(24)22-16-9-7-5-4-6-8-10-16/h11-13,16,18H,3-10,14H2,1-2H3,(H,22,24)/t18-/m1/s1. The summed E-state index contributed by atoms with van der Waals surface area (Å²) in [6, 6.07) is 6.01. The van der Waals surface area contributed by atoms with E-state index < -0.39 is 6.10 Å². The molecule has 1 heterocycles. The van der Waals surface area contributed by atoms with Crippen LogP contribution in [-0.4, -0.2) is 30.5 Å². The Balaban J connectivity index is 1.71. The highest BCUT2D eigenvalue weighted by molar-refractivity contribution is 6.03. The normalized spacial score (nSPS) is 21.4. The average Bonchev–Trinajstić information content (AvgIpc) is 2.59. The Labute approximate surface area is 156 Å². The van der Waals surface area contributed by atoms with Crippen LogP contribution in [0.15, 0.2) is 18.2 Å². The second-order valence-electron chi connectivity index (χ2n) is 7.52. The zero-order valence-electron chi connectivity index (χ0n) is 15.9. The number of benzene rings is 1. The first-order chi connectivity index (χ1) is 12.6. The van der Waals surface area contributed by atoms with Gasteiger partial charge >= 0.3 is 0 Å². The monoisotopic (exact) mass is 358 g/mol. The number of carbonyl (C=O) groups excluding carboxylic acids is 2. The summed E-state index contributed by atoms with van der Waals surface area (Å²) < 4.78 is 5.82. The van der Waals surface area contributed by atoms with Gasteiger partial charge in [-0.1, -0.05) is 45.1 Å². The van der Waals surface area contributed by atoms with Crippen molar-refractivity contribution in [1.29, 1.82) is 0 Å². The van der Waals surface area contributed by atoms with Gasteiger partial charge in [0.05, 0.1) is 5.69 Å². The number of nitrogens with zero attached hydrogens (tertiary/aromatic N) is 1. The van der Waals surface area contributed by atoms with E-state index >= 15 is 0 Å². The molecule has 0 spiro atoms. The molecule has 5 heteroatoms. The Morgan fingerprint density at radius 1 is 1.19 bits per heavy atom. The number of amides is 2. The quantitative estimate of drug-likeness (QED) is 0.892. The molecule has 0 aromatic heterocycles. The molecule has 1 N–H and O–H groups in total. The maximum absolute atomic E-state index is 12.8. The molecule has 1 atom stereocenters. The van der Waals surface area contributed by atoms with E-state index in [2.05, 4.69) is 5.32 Å². The van der Waals surface area contributed by atoms with Crippen LogP contribution in [0.4, 0.5) is 5.69 Å². The van der Waals surface area contributed by atoms with Crippen LogP contribution in [0.5, 0.6) is 5.75 Å². The highest BCUT2D eigenvalue weighted by Gasteiger charge is 2.34. The lowest BCUT2D eigenvalue weighted by Crippen LogP contribution is -2.50. The van der Waals surface area contributed by atoms with Crippen molar-refractivity contribution in [2.24, 2.45) is 0 Å². The molecule has 1 saturated carbocycles. The second kappa shape index (κ2) is 8.56. The molecule has 142 valence electrons. The van der Waals surface area contributed by atoms with Gasteiger partial charge in [-0.2, -0.15) is 0 Å². The van der Waals surface area contributed by atoms with E-state index in [0.717, 1.165) is 18.4 Å². The number of carbonyl (C=O) groups is 2. The van der Waals surface area contributed by atoms with Crippen molar-refractivity contribution in [1.82, 2.24) is 5.32 Å². The summed E-state index contributed by atoms with van der Waals surface area (Å²) in [4.78, 5) is 27.0. The van der Waals surface area contributed by atoms with Crippen molar-refractivity contribution in [3.05, 3.63) is 23.8 Å². The Hall–Kier alpha value is -2.04. The largest absolute Gasteiger partial charge is 0.478 e. The summed E-state index contributed by atoms with van der Waals surface area (Å²) in [6.45, 7) is 3.96. The first kappa shape index (κ1) is 18.7. The van der Waals surface area contributed by atoms with Crippen molar-refractivity contribution in [3.8, 4) is 5.75 Å². The maximum atomic E-state index is 12.8.